The molecule has 0 aliphatic rings. The summed E-state index contributed by atoms with van der Waals surface area (Å²) >= 11 is 0. The van der Waals surface area contributed by atoms with Crippen molar-refractivity contribution in [2.75, 3.05) is 13.6 Å². The lowest BCUT2D eigenvalue weighted by molar-refractivity contribution is 0.277. The van der Waals surface area contributed by atoms with E-state index in [9.17, 15) is 0 Å². The molecule has 0 fully saturated rings. The van der Waals surface area contributed by atoms with Crippen LogP contribution < -0.4 is 11.1 Å². The summed E-state index contributed by atoms with van der Waals surface area (Å²) in [7, 11) is 2.01. The Bertz CT molecular complexity index is 104. The van der Waals surface area contributed by atoms with Crippen molar-refractivity contribution in [3.05, 3.63) is 0 Å². The molecule has 0 aromatic carbocycles. The second-order valence-corrected chi connectivity index (χ2v) is 3.74. The molecule has 0 spiro atoms. The highest BCUT2D eigenvalue weighted by molar-refractivity contribution is 4.76. The van der Waals surface area contributed by atoms with E-state index in [1.807, 2.05) is 7.05 Å². The Labute approximate surface area is 76.9 Å². The van der Waals surface area contributed by atoms with Crippen LogP contribution in [0, 0.1) is 11.8 Å². The Balaban J connectivity index is 3.94. The van der Waals surface area contributed by atoms with Crippen molar-refractivity contribution in [1.29, 1.82) is 0 Å². The SMILES string of the molecule is CCCC(C)C(CN)C(C)NC. The largest absolute Gasteiger partial charge is 0.330 e. The normalized spacial score (nSPS) is 18.8. The maximum atomic E-state index is 5.74. The Morgan fingerprint density at radius 1 is 1.33 bits per heavy atom. The van der Waals surface area contributed by atoms with Crippen molar-refractivity contribution in [1.82, 2.24) is 5.32 Å². The molecule has 3 N–H and O–H groups in total. The smallest absolute Gasteiger partial charge is 0.00785 e. The van der Waals surface area contributed by atoms with Crippen LogP contribution in [0.5, 0.6) is 0 Å². The average Bonchev–Trinajstić information content (AvgIpc) is 2.06. The molecule has 0 aliphatic heterocycles. The van der Waals surface area contributed by atoms with E-state index < -0.39 is 0 Å². The van der Waals surface area contributed by atoms with Crippen LogP contribution in [0.25, 0.3) is 0 Å². The Morgan fingerprint density at radius 2 is 1.92 bits per heavy atom. The third-order valence-corrected chi connectivity index (χ3v) is 2.84. The van der Waals surface area contributed by atoms with Gasteiger partial charge in [-0.1, -0.05) is 26.7 Å². The van der Waals surface area contributed by atoms with Gasteiger partial charge in [-0.3, -0.25) is 0 Å². The number of hydrogen-bond acceptors (Lipinski definition) is 2. The molecule has 0 radical (unpaired) electrons. The zero-order valence-electron chi connectivity index (χ0n) is 8.93. The van der Waals surface area contributed by atoms with E-state index in [1.54, 1.807) is 0 Å². The number of nitrogens with one attached hydrogen (secondary N) is 1. The number of rotatable bonds is 6. The van der Waals surface area contributed by atoms with Crippen LogP contribution in [0.3, 0.4) is 0 Å². The number of nitrogens with two attached hydrogens (primary N) is 1. The van der Waals surface area contributed by atoms with E-state index in [0.717, 1.165) is 12.5 Å². The van der Waals surface area contributed by atoms with Crippen molar-refractivity contribution < 1.29 is 0 Å². The molecule has 0 aromatic rings. The van der Waals surface area contributed by atoms with Crippen molar-refractivity contribution in [2.24, 2.45) is 17.6 Å². The monoisotopic (exact) mass is 172 g/mol. The van der Waals surface area contributed by atoms with Gasteiger partial charge in [0.25, 0.3) is 0 Å². The Morgan fingerprint density at radius 3 is 2.25 bits per heavy atom. The van der Waals surface area contributed by atoms with Crippen molar-refractivity contribution in [2.45, 2.75) is 39.7 Å². The van der Waals surface area contributed by atoms with E-state index in [0.29, 0.717) is 12.0 Å². The van der Waals surface area contributed by atoms with Crippen LogP contribution in [0.1, 0.15) is 33.6 Å². The Hall–Kier alpha value is -0.0800. The molecule has 2 nitrogen and oxygen atoms in total. The van der Waals surface area contributed by atoms with E-state index >= 15 is 0 Å². The van der Waals surface area contributed by atoms with Crippen LogP contribution in [-0.2, 0) is 0 Å². The molecule has 0 heterocycles. The van der Waals surface area contributed by atoms with Crippen LogP contribution in [-0.4, -0.2) is 19.6 Å². The van der Waals surface area contributed by atoms with Gasteiger partial charge in [0.15, 0.2) is 0 Å². The molecule has 0 saturated carbocycles. The maximum absolute atomic E-state index is 5.74. The van der Waals surface area contributed by atoms with Gasteiger partial charge < -0.3 is 11.1 Å². The molecule has 0 bridgehead atoms. The molecule has 0 aromatic heterocycles. The summed E-state index contributed by atoms with van der Waals surface area (Å²) < 4.78 is 0. The standard InChI is InChI=1S/C10H24N2/c1-5-6-8(2)10(7-11)9(3)12-4/h8-10,12H,5-7,11H2,1-4H3. The molecule has 0 amide bonds. The third kappa shape index (κ3) is 3.55. The van der Waals surface area contributed by atoms with Gasteiger partial charge in [-0.2, -0.15) is 0 Å². The molecule has 0 saturated heterocycles. The first-order valence-electron chi connectivity index (χ1n) is 5.04. The first-order valence-corrected chi connectivity index (χ1v) is 5.04. The first-order chi connectivity index (χ1) is 5.67. The fourth-order valence-corrected chi connectivity index (χ4v) is 1.81. The molecule has 0 aliphatic carbocycles. The molecule has 3 unspecified atom stereocenters. The predicted octanol–water partition coefficient (Wildman–Crippen LogP) is 1.61. The van der Waals surface area contributed by atoms with Gasteiger partial charge in [0.2, 0.25) is 0 Å². The van der Waals surface area contributed by atoms with E-state index in [1.165, 1.54) is 12.8 Å². The van der Waals surface area contributed by atoms with E-state index in [-0.39, 0.29) is 0 Å². The van der Waals surface area contributed by atoms with Crippen LogP contribution in [0.15, 0.2) is 0 Å². The molecule has 0 rings (SSSR count). The van der Waals surface area contributed by atoms with E-state index in [4.69, 9.17) is 5.73 Å². The lowest BCUT2D eigenvalue weighted by Gasteiger charge is -2.27. The fourth-order valence-electron chi connectivity index (χ4n) is 1.81. The minimum Gasteiger partial charge on any atom is -0.330 e. The summed E-state index contributed by atoms with van der Waals surface area (Å²) in [4.78, 5) is 0. The molecular weight excluding hydrogens is 148 g/mol. The molecule has 3 atom stereocenters. The van der Waals surface area contributed by atoms with E-state index in [2.05, 4.69) is 26.1 Å². The van der Waals surface area contributed by atoms with Crippen molar-refractivity contribution in [3.63, 3.8) is 0 Å². The molecule has 2 heteroatoms. The lowest BCUT2D eigenvalue weighted by Crippen LogP contribution is -2.39. The highest BCUT2D eigenvalue weighted by atomic mass is 14.9. The van der Waals surface area contributed by atoms with Gasteiger partial charge in [-0.05, 0) is 32.4 Å². The minimum absolute atomic E-state index is 0.538. The average molecular weight is 172 g/mol. The van der Waals surface area contributed by atoms with Crippen LogP contribution in [0.4, 0.5) is 0 Å². The molecule has 12 heavy (non-hydrogen) atoms. The summed E-state index contributed by atoms with van der Waals surface area (Å²) in [5.41, 5.74) is 5.74. The summed E-state index contributed by atoms with van der Waals surface area (Å²) in [6.45, 7) is 7.54. The summed E-state index contributed by atoms with van der Waals surface area (Å²) in [6.07, 6.45) is 2.54. The zero-order valence-corrected chi connectivity index (χ0v) is 8.93. The highest BCUT2D eigenvalue weighted by Gasteiger charge is 2.19. The summed E-state index contributed by atoms with van der Waals surface area (Å²) in [5, 5.41) is 3.28. The van der Waals surface area contributed by atoms with Crippen molar-refractivity contribution >= 4 is 0 Å². The van der Waals surface area contributed by atoms with Gasteiger partial charge in [0, 0.05) is 6.04 Å². The highest BCUT2D eigenvalue weighted by Crippen LogP contribution is 2.19. The fraction of sp³-hybridized carbons (Fsp3) is 1.00. The summed E-state index contributed by atoms with van der Waals surface area (Å²) in [6, 6.07) is 0.538. The first kappa shape index (κ1) is 11.9. The van der Waals surface area contributed by atoms with Crippen LogP contribution >= 0.6 is 0 Å². The van der Waals surface area contributed by atoms with Gasteiger partial charge in [0.05, 0.1) is 0 Å². The maximum Gasteiger partial charge on any atom is 0.00785 e. The van der Waals surface area contributed by atoms with Crippen molar-refractivity contribution in [3.8, 4) is 0 Å². The molecular formula is C10H24N2. The topological polar surface area (TPSA) is 38.0 Å². The minimum atomic E-state index is 0.538. The van der Waals surface area contributed by atoms with Crippen LogP contribution in [0.2, 0.25) is 0 Å². The van der Waals surface area contributed by atoms with Gasteiger partial charge in [-0.15, -0.1) is 0 Å². The quantitative estimate of drug-likeness (QED) is 0.639. The third-order valence-electron chi connectivity index (χ3n) is 2.84. The second-order valence-electron chi connectivity index (χ2n) is 3.74. The lowest BCUT2D eigenvalue weighted by atomic mass is 9.85. The summed E-state index contributed by atoms with van der Waals surface area (Å²) in [5.74, 6) is 1.36. The zero-order chi connectivity index (χ0) is 9.56. The second kappa shape index (κ2) is 6.44. The predicted molar refractivity (Wildman–Crippen MR) is 55.1 cm³/mol. The molecule has 74 valence electrons. The number of hydrogen-bond donors (Lipinski definition) is 2. The Kier molecular flexibility index (Phi) is 6.39. The van der Waals surface area contributed by atoms with Gasteiger partial charge in [-0.25, -0.2) is 0 Å². The van der Waals surface area contributed by atoms with Gasteiger partial charge in [0.1, 0.15) is 0 Å². The van der Waals surface area contributed by atoms with Gasteiger partial charge >= 0.3 is 0 Å².